The Hall–Kier alpha value is -1.18. The zero-order valence-corrected chi connectivity index (χ0v) is 9.24. The lowest BCUT2D eigenvalue weighted by Gasteiger charge is -2.24. The summed E-state index contributed by atoms with van der Waals surface area (Å²) in [6.07, 6.45) is 0.856. The Labute approximate surface area is 95.9 Å². The van der Waals surface area contributed by atoms with Crippen molar-refractivity contribution in [3.63, 3.8) is 0 Å². The van der Waals surface area contributed by atoms with Gasteiger partial charge >= 0.3 is 6.09 Å². The first kappa shape index (κ1) is 10.0. The van der Waals surface area contributed by atoms with Crippen molar-refractivity contribution in [2.45, 2.75) is 5.54 Å². The minimum atomic E-state index is -0.875. The summed E-state index contributed by atoms with van der Waals surface area (Å²) < 4.78 is 4.07. The van der Waals surface area contributed by atoms with Crippen LogP contribution in [0.1, 0.15) is 4.88 Å². The van der Waals surface area contributed by atoms with Gasteiger partial charge in [0.15, 0.2) is 0 Å². The average Bonchev–Trinajstić information content (AvgIpc) is 2.91. The van der Waals surface area contributed by atoms with Gasteiger partial charge in [0.05, 0.1) is 6.61 Å². The smallest absolute Gasteiger partial charge is 0.407 e. The fourth-order valence-corrected chi connectivity index (χ4v) is 3.21. The summed E-state index contributed by atoms with van der Waals surface area (Å²) in [5.41, 5.74) is 2.60. The van der Waals surface area contributed by atoms with Crippen LogP contribution in [0.3, 0.4) is 0 Å². The molecule has 0 radical (unpaired) electrons. The van der Waals surface area contributed by atoms with E-state index in [0.29, 0.717) is 19.7 Å². The van der Waals surface area contributed by atoms with E-state index in [1.807, 2.05) is 6.07 Å². The summed E-state index contributed by atoms with van der Waals surface area (Å²) in [6, 6.07) is 1.92. The molecule has 0 spiro atoms. The number of nitrogens with zero attached hydrogens (tertiary/aromatic N) is 2. The summed E-state index contributed by atoms with van der Waals surface area (Å²) >= 11 is 1.39. The molecule has 1 amide bonds. The van der Waals surface area contributed by atoms with Crippen molar-refractivity contribution in [1.29, 1.82) is 0 Å². The number of rotatable bonds is 1. The highest BCUT2D eigenvalue weighted by atomic mass is 32.1. The Bertz CT molecular complexity index is 410. The third kappa shape index (κ3) is 1.25. The molecule has 2 unspecified atom stereocenters. The maximum atomic E-state index is 11.0. The Kier molecular flexibility index (Phi) is 2.13. The van der Waals surface area contributed by atoms with Crippen LogP contribution in [0.4, 0.5) is 4.79 Å². The van der Waals surface area contributed by atoms with Crippen LogP contribution in [0, 0.1) is 5.92 Å². The van der Waals surface area contributed by atoms with Gasteiger partial charge in [-0.2, -0.15) is 5.48 Å². The van der Waals surface area contributed by atoms with E-state index in [9.17, 15) is 4.79 Å². The van der Waals surface area contributed by atoms with E-state index < -0.39 is 6.09 Å². The lowest BCUT2D eigenvalue weighted by Crippen LogP contribution is -2.43. The third-order valence-corrected chi connectivity index (χ3v) is 4.19. The topological polar surface area (TPSA) is 74.7 Å². The summed E-state index contributed by atoms with van der Waals surface area (Å²) in [6.45, 7) is 1.48. The van der Waals surface area contributed by atoms with Gasteiger partial charge in [-0.25, -0.2) is 9.17 Å². The van der Waals surface area contributed by atoms with Gasteiger partial charge in [-0.15, -0.1) is 0 Å². The normalized spacial score (nSPS) is 33.0. The highest BCUT2D eigenvalue weighted by Crippen LogP contribution is 2.41. The van der Waals surface area contributed by atoms with Gasteiger partial charge in [0.25, 0.3) is 0 Å². The number of carboxylic acid groups (broad SMARTS) is 1. The van der Waals surface area contributed by atoms with Crippen molar-refractivity contribution in [3.05, 3.63) is 17.1 Å². The van der Waals surface area contributed by atoms with Crippen molar-refractivity contribution in [2.24, 2.45) is 5.92 Å². The summed E-state index contributed by atoms with van der Waals surface area (Å²) in [7, 11) is 0. The Morgan fingerprint density at radius 3 is 3.38 bits per heavy atom. The number of carbonyl (C=O) groups is 1. The Balaban J connectivity index is 1.96. The molecule has 0 bridgehead atoms. The van der Waals surface area contributed by atoms with Crippen LogP contribution in [0.25, 0.3) is 0 Å². The molecule has 2 atom stereocenters. The summed E-state index contributed by atoms with van der Waals surface area (Å²) in [5, 5.41) is 9.03. The molecule has 16 heavy (non-hydrogen) atoms. The second kappa shape index (κ2) is 3.41. The molecule has 2 fully saturated rings. The van der Waals surface area contributed by atoms with Crippen molar-refractivity contribution in [3.8, 4) is 0 Å². The fourth-order valence-electron chi connectivity index (χ4n) is 2.42. The fraction of sp³-hybridized carbons (Fsp3) is 0.556. The number of nitrogens with one attached hydrogen (secondary N) is 1. The minimum absolute atomic E-state index is 0.170. The van der Waals surface area contributed by atoms with Gasteiger partial charge in [-0.05, 0) is 17.6 Å². The van der Waals surface area contributed by atoms with Crippen LogP contribution < -0.4 is 5.48 Å². The van der Waals surface area contributed by atoms with Gasteiger partial charge in [0, 0.05) is 30.1 Å². The minimum Gasteiger partial charge on any atom is -0.465 e. The molecule has 3 rings (SSSR count). The van der Waals surface area contributed by atoms with Crippen LogP contribution >= 0.6 is 11.5 Å². The van der Waals surface area contributed by atoms with Gasteiger partial charge in [0.1, 0.15) is 5.54 Å². The quantitative estimate of drug-likeness (QED) is 0.748. The molecule has 2 aliphatic heterocycles. The number of aromatic nitrogens is 1. The van der Waals surface area contributed by atoms with Crippen LogP contribution in [-0.4, -0.2) is 40.2 Å². The maximum absolute atomic E-state index is 11.0. The molecular weight excluding hydrogens is 230 g/mol. The lowest BCUT2D eigenvalue weighted by molar-refractivity contribution is 0.0486. The number of likely N-dealkylation sites (tertiary alicyclic amines) is 1. The number of hydrogen-bond donors (Lipinski definition) is 2. The zero-order chi connectivity index (χ0) is 11.2. The molecule has 0 aliphatic carbocycles. The van der Waals surface area contributed by atoms with Crippen molar-refractivity contribution in [1.82, 2.24) is 14.8 Å². The molecular formula is C9H11N3O3S. The predicted molar refractivity (Wildman–Crippen MR) is 56.0 cm³/mol. The molecule has 7 heteroatoms. The molecule has 0 saturated carbocycles. The Morgan fingerprint density at radius 2 is 2.69 bits per heavy atom. The highest BCUT2D eigenvalue weighted by Gasteiger charge is 2.54. The van der Waals surface area contributed by atoms with Crippen molar-refractivity contribution in [2.75, 3.05) is 19.7 Å². The van der Waals surface area contributed by atoms with Crippen LogP contribution in [0.5, 0.6) is 0 Å². The lowest BCUT2D eigenvalue weighted by atomic mass is 9.88. The summed E-state index contributed by atoms with van der Waals surface area (Å²) in [5.74, 6) is 0.170. The monoisotopic (exact) mass is 241 g/mol. The van der Waals surface area contributed by atoms with E-state index in [1.165, 1.54) is 16.4 Å². The number of hydrogen-bond acceptors (Lipinski definition) is 5. The number of hydroxylamine groups is 1. The highest BCUT2D eigenvalue weighted by molar-refractivity contribution is 7.05. The number of amides is 1. The van der Waals surface area contributed by atoms with Crippen molar-refractivity contribution < 1.29 is 14.7 Å². The van der Waals surface area contributed by atoms with Gasteiger partial charge < -0.3 is 14.8 Å². The SMILES string of the molecule is O=C(O)N1CC2CONC2(c2ccns2)C1. The van der Waals surface area contributed by atoms with E-state index in [-0.39, 0.29) is 11.5 Å². The summed E-state index contributed by atoms with van der Waals surface area (Å²) in [4.78, 5) is 18.7. The molecule has 2 aliphatic rings. The molecule has 2 N–H and O–H groups in total. The first-order chi connectivity index (χ1) is 7.72. The molecule has 1 aromatic heterocycles. The van der Waals surface area contributed by atoms with Crippen LogP contribution in [0.2, 0.25) is 0 Å². The molecule has 2 saturated heterocycles. The zero-order valence-electron chi connectivity index (χ0n) is 8.42. The first-order valence-electron chi connectivity index (χ1n) is 5.00. The van der Waals surface area contributed by atoms with E-state index >= 15 is 0 Å². The number of fused-ring (bicyclic) bond motifs is 1. The maximum Gasteiger partial charge on any atom is 0.407 e. The van der Waals surface area contributed by atoms with E-state index in [2.05, 4.69) is 9.85 Å². The van der Waals surface area contributed by atoms with Crippen LogP contribution in [0.15, 0.2) is 12.3 Å². The van der Waals surface area contributed by atoms with Crippen LogP contribution in [-0.2, 0) is 10.4 Å². The van der Waals surface area contributed by atoms with Gasteiger partial charge in [-0.3, -0.25) is 0 Å². The van der Waals surface area contributed by atoms with Gasteiger partial charge in [-0.1, -0.05) is 0 Å². The molecule has 3 heterocycles. The standard InChI is InChI=1S/C9H11N3O3S/c13-8(14)12-3-6-4-15-11-9(6,5-12)7-1-2-10-16-7/h1-2,6,11H,3-5H2,(H,13,14). The molecule has 0 aromatic carbocycles. The van der Waals surface area contributed by atoms with Crippen molar-refractivity contribution >= 4 is 17.6 Å². The van der Waals surface area contributed by atoms with E-state index in [0.717, 1.165) is 4.88 Å². The first-order valence-corrected chi connectivity index (χ1v) is 5.78. The van der Waals surface area contributed by atoms with E-state index in [1.54, 1.807) is 6.20 Å². The van der Waals surface area contributed by atoms with E-state index in [4.69, 9.17) is 9.94 Å². The molecule has 1 aromatic rings. The second-order valence-electron chi connectivity index (χ2n) is 4.12. The largest absolute Gasteiger partial charge is 0.465 e. The van der Waals surface area contributed by atoms with Gasteiger partial charge in [0.2, 0.25) is 0 Å². The Morgan fingerprint density at radius 1 is 1.81 bits per heavy atom. The average molecular weight is 241 g/mol. The third-order valence-electron chi connectivity index (χ3n) is 3.26. The molecule has 86 valence electrons. The predicted octanol–water partition coefficient (Wildman–Crippen LogP) is 0.483. The second-order valence-corrected chi connectivity index (χ2v) is 4.95. The molecule has 6 nitrogen and oxygen atoms in total.